The van der Waals surface area contributed by atoms with Crippen molar-refractivity contribution in [1.82, 2.24) is 5.32 Å². The van der Waals surface area contributed by atoms with Crippen LogP contribution in [0.5, 0.6) is 11.5 Å². The number of rotatable bonds is 9. The smallest absolute Gasteiger partial charge is 0.291 e. The number of fused-ring (bicyclic) bond motifs is 1. The van der Waals surface area contributed by atoms with Crippen molar-refractivity contribution in [3.05, 3.63) is 89.7 Å². The highest BCUT2D eigenvalue weighted by Crippen LogP contribution is 2.25. The molecule has 0 aliphatic rings. The molecule has 4 aromatic rings. The van der Waals surface area contributed by atoms with Gasteiger partial charge in [-0.25, -0.2) is 0 Å². The number of ether oxygens (including phenoxy) is 2. The maximum absolute atomic E-state index is 12.5. The van der Waals surface area contributed by atoms with Crippen molar-refractivity contribution in [3.8, 4) is 11.5 Å². The standard InChI is InChI=1S/C27H26N2O5/c1-32-22-12-9-19(24(17-22)33-2)13-14-28-26(30)15-18-7-10-21(11-8-18)29-27(31)25-16-20-5-3-4-6-23(20)34-25/h3-12,16-17H,13-15H2,1-2H3,(H,28,30)(H,29,31). The van der Waals surface area contributed by atoms with Crippen LogP contribution in [0.2, 0.25) is 0 Å². The molecule has 0 spiro atoms. The Hall–Kier alpha value is -4.26. The van der Waals surface area contributed by atoms with Gasteiger partial charge in [0.15, 0.2) is 5.76 Å². The summed E-state index contributed by atoms with van der Waals surface area (Å²) >= 11 is 0. The zero-order valence-electron chi connectivity index (χ0n) is 19.1. The van der Waals surface area contributed by atoms with E-state index in [9.17, 15) is 9.59 Å². The number of carbonyl (C=O) groups is 2. The summed E-state index contributed by atoms with van der Waals surface area (Å²) in [5.74, 6) is 1.30. The normalized spacial score (nSPS) is 10.6. The van der Waals surface area contributed by atoms with Crippen LogP contribution in [-0.2, 0) is 17.6 Å². The van der Waals surface area contributed by atoms with Crippen molar-refractivity contribution in [2.75, 3.05) is 26.1 Å². The highest BCUT2D eigenvalue weighted by molar-refractivity contribution is 6.04. The summed E-state index contributed by atoms with van der Waals surface area (Å²) in [6.07, 6.45) is 0.892. The largest absolute Gasteiger partial charge is 0.497 e. The molecule has 0 radical (unpaired) electrons. The second-order valence-corrected chi connectivity index (χ2v) is 7.75. The van der Waals surface area contributed by atoms with E-state index in [1.165, 1.54) is 0 Å². The zero-order valence-corrected chi connectivity index (χ0v) is 19.1. The third-order valence-corrected chi connectivity index (χ3v) is 5.44. The van der Waals surface area contributed by atoms with E-state index in [1.54, 1.807) is 32.4 Å². The van der Waals surface area contributed by atoms with E-state index >= 15 is 0 Å². The first-order chi connectivity index (χ1) is 16.6. The first-order valence-electron chi connectivity index (χ1n) is 10.9. The average molecular weight is 459 g/mol. The number of hydrogen-bond acceptors (Lipinski definition) is 5. The molecule has 1 aromatic heterocycles. The van der Waals surface area contributed by atoms with Crippen LogP contribution >= 0.6 is 0 Å². The van der Waals surface area contributed by atoms with Gasteiger partial charge >= 0.3 is 0 Å². The fourth-order valence-corrected chi connectivity index (χ4v) is 3.64. The Morgan fingerprint density at radius 3 is 2.44 bits per heavy atom. The molecular formula is C27H26N2O5. The molecule has 7 nitrogen and oxygen atoms in total. The van der Waals surface area contributed by atoms with Gasteiger partial charge in [-0.2, -0.15) is 0 Å². The summed E-state index contributed by atoms with van der Waals surface area (Å²) < 4.78 is 16.2. The van der Waals surface area contributed by atoms with Crippen LogP contribution in [0.4, 0.5) is 5.69 Å². The first-order valence-corrected chi connectivity index (χ1v) is 10.9. The third-order valence-electron chi connectivity index (χ3n) is 5.44. The number of furan rings is 1. The van der Waals surface area contributed by atoms with E-state index in [-0.39, 0.29) is 24.0 Å². The van der Waals surface area contributed by atoms with E-state index in [4.69, 9.17) is 13.9 Å². The Morgan fingerprint density at radius 1 is 0.912 bits per heavy atom. The molecule has 1 heterocycles. The maximum Gasteiger partial charge on any atom is 0.291 e. The lowest BCUT2D eigenvalue weighted by Gasteiger charge is -2.11. The van der Waals surface area contributed by atoms with E-state index < -0.39 is 0 Å². The van der Waals surface area contributed by atoms with Crippen molar-refractivity contribution in [2.24, 2.45) is 0 Å². The predicted molar refractivity (Wildman–Crippen MR) is 131 cm³/mol. The average Bonchev–Trinajstić information content (AvgIpc) is 3.30. The monoisotopic (exact) mass is 458 g/mol. The SMILES string of the molecule is COc1ccc(CCNC(=O)Cc2ccc(NC(=O)c3cc4ccccc4o3)cc2)c(OC)c1. The highest BCUT2D eigenvalue weighted by atomic mass is 16.5. The van der Waals surface area contributed by atoms with Crippen LogP contribution in [0.3, 0.4) is 0 Å². The van der Waals surface area contributed by atoms with E-state index in [0.717, 1.165) is 28.0 Å². The molecule has 0 fully saturated rings. The number of hydrogen-bond donors (Lipinski definition) is 2. The minimum atomic E-state index is -0.323. The number of anilines is 1. The van der Waals surface area contributed by atoms with Gasteiger partial charge in [-0.15, -0.1) is 0 Å². The molecule has 34 heavy (non-hydrogen) atoms. The third kappa shape index (κ3) is 5.56. The van der Waals surface area contributed by atoms with E-state index in [0.29, 0.717) is 24.2 Å². The Kier molecular flexibility index (Phi) is 7.13. The van der Waals surface area contributed by atoms with Gasteiger partial charge < -0.3 is 24.5 Å². The number of amides is 2. The predicted octanol–water partition coefficient (Wildman–Crippen LogP) is 4.60. The summed E-state index contributed by atoms with van der Waals surface area (Å²) in [5.41, 5.74) is 3.13. The summed E-state index contributed by atoms with van der Waals surface area (Å²) in [5, 5.41) is 6.62. The highest BCUT2D eigenvalue weighted by Gasteiger charge is 2.13. The molecule has 0 saturated heterocycles. The molecule has 174 valence electrons. The van der Waals surface area contributed by atoms with Gasteiger partial charge in [0.05, 0.1) is 20.6 Å². The lowest BCUT2D eigenvalue weighted by Crippen LogP contribution is -2.27. The van der Waals surface area contributed by atoms with Gasteiger partial charge in [0.25, 0.3) is 5.91 Å². The van der Waals surface area contributed by atoms with Gasteiger partial charge in [0.2, 0.25) is 5.91 Å². The molecule has 7 heteroatoms. The summed E-state index contributed by atoms with van der Waals surface area (Å²) in [7, 11) is 3.22. The molecule has 0 saturated carbocycles. The molecule has 0 atom stereocenters. The fourth-order valence-electron chi connectivity index (χ4n) is 3.64. The van der Waals surface area contributed by atoms with Crippen molar-refractivity contribution < 1.29 is 23.5 Å². The molecule has 4 rings (SSSR count). The van der Waals surface area contributed by atoms with Gasteiger partial charge in [-0.3, -0.25) is 9.59 Å². The second-order valence-electron chi connectivity index (χ2n) is 7.75. The van der Waals surface area contributed by atoms with Crippen LogP contribution in [0.25, 0.3) is 11.0 Å². The van der Waals surface area contributed by atoms with Crippen molar-refractivity contribution in [3.63, 3.8) is 0 Å². The molecule has 2 amide bonds. The summed E-state index contributed by atoms with van der Waals surface area (Å²) in [6, 6.07) is 22.0. The molecular weight excluding hydrogens is 432 g/mol. The molecule has 2 N–H and O–H groups in total. The van der Waals surface area contributed by atoms with Crippen molar-refractivity contribution in [1.29, 1.82) is 0 Å². The Morgan fingerprint density at radius 2 is 1.71 bits per heavy atom. The van der Waals surface area contributed by atoms with Gasteiger partial charge in [-0.1, -0.05) is 36.4 Å². The molecule has 0 aliphatic heterocycles. The number of benzene rings is 3. The van der Waals surface area contributed by atoms with Gasteiger partial charge in [-0.05, 0) is 47.9 Å². The lowest BCUT2D eigenvalue weighted by atomic mass is 10.1. The van der Waals surface area contributed by atoms with Crippen LogP contribution < -0.4 is 20.1 Å². The number of methoxy groups -OCH3 is 2. The van der Waals surface area contributed by atoms with Crippen LogP contribution in [0.1, 0.15) is 21.7 Å². The van der Waals surface area contributed by atoms with Gasteiger partial charge in [0, 0.05) is 23.7 Å². The van der Waals surface area contributed by atoms with Crippen LogP contribution in [0, 0.1) is 0 Å². The Balaban J connectivity index is 1.27. The summed E-state index contributed by atoms with van der Waals surface area (Å²) in [4.78, 5) is 24.8. The lowest BCUT2D eigenvalue weighted by molar-refractivity contribution is -0.120. The Labute approximate surface area is 197 Å². The summed E-state index contributed by atoms with van der Waals surface area (Å²) in [6.45, 7) is 0.493. The topological polar surface area (TPSA) is 89.8 Å². The molecule has 0 bridgehead atoms. The first kappa shape index (κ1) is 22.9. The minimum absolute atomic E-state index is 0.0773. The number of carbonyl (C=O) groups excluding carboxylic acids is 2. The quantitative estimate of drug-likeness (QED) is 0.383. The van der Waals surface area contributed by atoms with Crippen LogP contribution in [-0.4, -0.2) is 32.6 Å². The van der Waals surface area contributed by atoms with Gasteiger partial charge in [0.1, 0.15) is 17.1 Å². The zero-order chi connectivity index (χ0) is 23.9. The second kappa shape index (κ2) is 10.6. The molecule has 0 unspecified atom stereocenters. The number of para-hydroxylation sites is 1. The van der Waals surface area contributed by atoms with Crippen molar-refractivity contribution in [2.45, 2.75) is 12.8 Å². The van der Waals surface area contributed by atoms with E-state index in [1.807, 2.05) is 54.6 Å². The Bertz CT molecular complexity index is 1260. The maximum atomic E-state index is 12.5. The fraction of sp³-hybridized carbons (Fsp3) is 0.185. The molecule has 3 aromatic carbocycles. The van der Waals surface area contributed by atoms with E-state index in [2.05, 4.69) is 10.6 Å². The molecule has 0 aliphatic carbocycles. The van der Waals surface area contributed by atoms with Crippen LogP contribution in [0.15, 0.2) is 77.2 Å². The minimum Gasteiger partial charge on any atom is -0.497 e. The van der Waals surface area contributed by atoms with Crippen molar-refractivity contribution >= 4 is 28.5 Å². The number of nitrogens with one attached hydrogen (secondary N) is 2.